The molecular weight excluding hydrogens is 308 g/mol. The van der Waals surface area contributed by atoms with Crippen LogP contribution >= 0.6 is 11.3 Å². The first-order valence-electron chi connectivity index (χ1n) is 8.82. The van der Waals surface area contributed by atoms with Crippen LogP contribution < -0.4 is 0 Å². The fourth-order valence-corrected chi connectivity index (χ4v) is 4.81. The van der Waals surface area contributed by atoms with Crippen molar-refractivity contribution in [3.8, 4) is 0 Å². The van der Waals surface area contributed by atoms with Gasteiger partial charge in [-0.2, -0.15) is 0 Å². The summed E-state index contributed by atoms with van der Waals surface area (Å²) in [5.41, 5.74) is 1.18. The Labute approximate surface area is 143 Å². The molecule has 0 bridgehead atoms. The van der Waals surface area contributed by atoms with Gasteiger partial charge >= 0.3 is 0 Å². The highest BCUT2D eigenvalue weighted by atomic mass is 32.1. The van der Waals surface area contributed by atoms with Crippen molar-refractivity contribution >= 4 is 17.2 Å². The average molecular weight is 337 g/mol. The fraction of sp³-hybridized carbons (Fsp3) is 0.778. The van der Waals surface area contributed by atoms with Crippen LogP contribution in [0.1, 0.15) is 59.9 Å². The molecule has 0 unspecified atom stereocenters. The van der Waals surface area contributed by atoms with Crippen molar-refractivity contribution in [3.63, 3.8) is 0 Å². The monoisotopic (exact) mass is 336 g/mol. The van der Waals surface area contributed by atoms with Crippen LogP contribution in [0.25, 0.3) is 0 Å². The third kappa shape index (κ3) is 3.77. The van der Waals surface area contributed by atoms with Gasteiger partial charge in [0.25, 0.3) is 5.91 Å². The van der Waals surface area contributed by atoms with Crippen molar-refractivity contribution in [1.82, 2.24) is 9.88 Å². The standard InChI is InChI=1S/C18H28N2O2S/c1-13(2)10-15-16(23-14(3)19-15)17(21)20-8-9-22-12-18(11-20)6-4-5-7-18/h13H,4-12H2,1-3H3. The first kappa shape index (κ1) is 16.9. The van der Waals surface area contributed by atoms with Crippen molar-refractivity contribution in [1.29, 1.82) is 0 Å². The summed E-state index contributed by atoms with van der Waals surface area (Å²) in [4.78, 5) is 20.7. The molecule has 1 aromatic heterocycles. The number of hydrogen-bond acceptors (Lipinski definition) is 4. The van der Waals surface area contributed by atoms with E-state index in [1.807, 2.05) is 11.8 Å². The minimum Gasteiger partial charge on any atom is -0.379 e. The topological polar surface area (TPSA) is 42.4 Å². The van der Waals surface area contributed by atoms with Crippen molar-refractivity contribution < 1.29 is 9.53 Å². The average Bonchev–Trinajstić information content (AvgIpc) is 3.01. The van der Waals surface area contributed by atoms with Gasteiger partial charge in [-0.25, -0.2) is 4.98 Å². The van der Waals surface area contributed by atoms with Crippen LogP contribution in [0.5, 0.6) is 0 Å². The number of ether oxygens (including phenoxy) is 1. The molecule has 0 radical (unpaired) electrons. The number of nitrogens with zero attached hydrogens (tertiary/aromatic N) is 2. The third-order valence-electron chi connectivity index (χ3n) is 4.99. The summed E-state index contributed by atoms with van der Waals surface area (Å²) in [7, 11) is 0. The number of aromatic nitrogens is 1. The molecule has 1 amide bonds. The van der Waals surface area contributed by atoms with Gasteiger partial charge in [-0.15, -0.1) is 11.3 Å². The van der Waals surface area contributed by atoms with E-state index < -0.39 is 0 Å². The van der Waals surface area contributed by atoms with Crippen LogP contribution in [-0.2, 0) is 11.2 Å². The Balaban J connectivity index is 1.81. The number of rotatable bonds is 3. The lowest BCUT2D eigenvalue weighted by molar-refractivity contribution is 0.0646. The molecule has 128 valence electrons. The Morgan fingerprint density at radius 2 is 2.13 bits per heavy atom. The molecule has 0 aromatic carbocycles. The lowest BCUT2D eigenvalue weighted by Gasteiger charge is -2.31. The third-order valence-corrected chi connectivity index (χ3v) is 5.99. The van der Waals surface area contributed by atoms with Gasteiger partial charge in [-0.1, -0.05) is 26.7 Å². The molecule has 1 aromatic rings. The van der Waals surface area contributed by atoms with Gasteiger partial charge in [0.05, 0.1) is 23.9 Å². The van der Waals surface area contributed by atoms with Crippen LogP contribution in [0.3, 0.4) is 0 Å². The molecule has 1 saturated heterocycles. The minimum absolute atomic E-state index is 0.169. The molecule has 1 saturated carbocycles. The van der Waals surface area contributed by atoms with Crippen LogP contribution in [-0.4, -0.2) is 42.1 Å². The Hall–Kier alpha value is -0.940. The summed E-state index contributed by atoms with van der Waals surface area (Å²) in [6.45, 7) is 9.38. The summed E-state index contributed by atoms with van der Waals surface area (Å²) in [6.07, 6.45) is 5.79. The maximum atomic E-state index is 13.1. The second kappa shape index (κ2) is 6.89. The van der Waals surface area contributed by atoms with Crippen molar-refractivity contribution in [2.24, 2.45) is 11.3 Å². The first-order chi connectivity index (χ1) is 11.0. The van der Waals surface area contributed by atoms with E-state index in [1.54, 1.807) is 11.3 Å². The molecule has 0 N–H and O–H groups in total. The maximum Gasteiger partial charge on any atom is 0.265 e. The summed E-state index contributed by atoms with van der Waals surface area (Å²) in [5, 5.41) is 0.991. The molecule has 2 heterocycles. The van der Waals surface area contributed by atoms with Crippen LogP contribution in [0.4, 0.5) is 0 Å². The number of aryl methyl sites for hydroxylation is 1. The van der Waals surface area contributed by atoms with Crippen LogP contribution in [0, 0.1) is 18.3 Å². The Morgan fingerprint density at radius 3 is 2.83 bits per heavy atom. The van der Waals surface area contributed by atoms with Gasteiger partial charge < -0.3 is 9.64 Å². The number of hydrogen-bond donors (Lipinski definition) is 0. The molecule has 5 heteroatoms. The van der Waals surface area contributed by atoms with Crippen LogP contribution in [0.15, 0.2) is 0 Å². The van der Waals surface area contributed by atoms with Gasteiger partial charge in [-0.3, -0.25) is 4.79 Å². The molecule has 1 aliphatic carbocycles. The van der Waals surface area contributed by atoms with Gasteiger partial charge in [0, 0.05) is 18.5 Å². The van der Waals surface area contributed by atoms with E-state index in [4.69, 9.17) is 4.74 Å². The van der Waals surface area contributed by atoms with Gasteiger partial charge in [0.1, 0.15) is 4.88 Å². The second-order valence-corrected chi connectivity index (χ2v) is 8.80. The molecule has 0 atom stereocenters. The Bertz CT molecular complexity index is 561. The molecule has 1 spiro atoms. The molecule has 4 nitrogen and oxygen atoms in total. The van der Waals surface area contributed by atoms with Crippen molar-refractivity contribution in [3.05, 3.63) is 15.6 Å². The number of carbonyl (C=O) groups is 1. The SMILES string of the molecule is Cc1nc(CC(C)C)c(C(=O)N2CCOCC3(CCCC3)C2)s1. The van der Waals surface area contributed by atoms with E-state index in [2.05, 4.69) is 18.8 Å². The number of carbonyl (C=O) groups excluding carboxylic acids is 1. The zero-order valence-corrected chi connectivity index (χ0v) is 15.4. The molecule has 2 fully saturated rings. The highest BCUT2D eigenvalue weighted by Gasteiger charge is 2.39. The van der Waals surface area contributed by atoms with E-state index in [1.165, 1.54) is 25.7 Å². The van der Waals surface area contributed by atoms with E-state index in [-0.39, 0.29) is 11.3 Å². The largest absolute Gasteiger partial charge is 0.379 e. The lowest BCUT2D eigenvalue weighted by atomic mass is 9.86. The van der Waals surface area contributed by atoms with Gasteiger partial charge in [0.15, 0.2) is 0 Å². The van der Waals surface area contributed by atoms with Crippen molar-refractivity contribution in [2.45, 2.75) is 52.9 Å². The Morgan fingerprint density at radius 1 is 1.39 bits per heavy atom. The summed E-state index contributed by atoms with van der Waals surface area (Å²) in [6, 6.07) is 0. The highest BCUT2D eigenvalue weighted by Crippen LogP contribution is 2.40. The van der Waals surface area contributed by atoms with E-state index >= 15 is 0 Å². The zero-order valence-electron chi connectivity index (χ0n) is 14.6. The molecule has 1 aliphatic heterocycles. The van der Waals surface area contributed by atoms with Crippen LogP contribution in [0.2, 0.25) is 0 Å². The first-order valence-corrected chi connectivity index (χ1v) is 9.64. The normalized spacial score (nSPS) is 21.1. The Kier molecular flexibility index (Phi) is 5.07. The second-order valence-electron chi connectivity index (χ2n) is 7.59. The van der Waals surface area contributed by atoms with Gasteiger partial charge in [-0.05, 0) is 32.1 Å². The molecular formula is C18H28N2O2S. The lowest BCUT2D eigenvalue weighted by Crippen LogP contribution is -2.40. The predicted octanol–water partition coefficient (Wildman–Crippen LogP) is 3.68. The fourth-order valence-electron chi connectivity index (χ4n) is 3.90. The van der Waals surface area contributed by atoms with Crippen molar-refractivity contribution in [2.75, 3.05) is 26.3 Å². The molecule has 2 aliphatic rings. The molecule has 3 rings (SSSR count). The highest BCUT2D eigenvalue weighted by molar-refractivity contribution is 7.13. The zero-order chi connectivity index (χ0) is 16.4. The number of thiazole rings is 1. The minimum atomic E-state index is 0.169. The summed E-state index contributed by atoms with van der Waals surface area (Å²) in [5.74, 6) is 0.680. The summed E-state index contributed by atoms with van der Waals surface area (Å²) >= 11 is 1.55. The predicted molar refractivity (Wildman–Crippen MR) is 93.0 cm³/mol. The smallest absolute Gasteiger partial charge is 0.265 e. The summed E-state index contributed by atoms with van der Waals surface area (Å²) < 4.78 is 5.84. The number of amides is 1. The van der Waals surface area contributed by atoms with Gasteiger partial charge in [0.2, 0.25) is 0 Å². The quantitative estimate of drug-likeness (QED) is 0.845. The van der Waals surface area contributed by atoms with E-state index in [0.717, 1.165) is 35.2 Å². The maximum absolute atomic E-state index is 13.1. The van der Waals surface area contributed by atoms with E-state index in [9.17, 15) is 4.79 Å². The van der Waals surface area contributed by atoms with E-state index in [0.29, 0.717) is 19.1 Å². The molecule has 23 heavy (non-hydrogen) atoms.